The van der Waals surface area contributed by atoms with Crippen molar-refractivity contribution in [3.63, 3.8) is 0 Å². The Morgan fingerprint density at radius 3 is 2.89 bits per heavy atom. The number of nitrogens with one attached hydrogen (secondary N) is 1. The minimum atomic E-state index is -0.281. The Bertz CT molecular complexity index is 607. The predicted octanol–water partition coefficient (Wildman–Crippen LogP) is 2.94. The molecule has 1 heterocycles. The molecule has 0 radical (unpaired) electrons. The normalized spacial score (nSPS) is 10.6. The number of benzene rings is 1. The fourth-order valence-corrected chi connectivity index (χ4v) is 3.03. The van der Waals surface area contributed by atoms with E-state index >= 15 is 0 Å². The number of carbonyl (C=O) groups is 2. The lowest BCUT2D eigenvalue weighted by Crippen LogP contribution is -2.14. The van der Waals surface area contributed by atoms with Crippen molar-refractivity contribution in [2.24, 2.45) is 0 Å². The first-order chi connectivity index (χ1) is 8.58. The molecule has 1 aromatic heterocycles. The van der Waals surface area contributed by atoms with Crippen LogP contribution >= 0.6 is 23.1 Å². The molecule has 0 aliphatic rings. The number of ketones is 1. The molecule has 0 spiro atoms. The standard InChI is InChI=1S/C12H12N2O2S2/c1-7(15)5-11(16)13-8-3-4-9-10(6-8)18-12(14-9)17-2/h3-4,6H,5H2,1-2H3,(H,13,16). The number of thioether (sulfide) groups is 1. The van der Waals surface area contributed by atoms with Crippen molar-refractivity contribution in [1.29, 1.82) is 0 Å². The van der Waals surface area contributed by atoms with Crippen LogP contribution in [-0.4, -0.2) is 22.9 Å². The quantitative estimate of drug-likeness (QED) is 0.691. The molecule has 0 saturated heterocycles. The number of hydrogen-bond acceptors (Lipinski definition) is 5. The lowest BCUT2D eigenvalue weighted by molar-refractivity contribution is -0.124. The summed E-state index contributed by atoms with van der Waals surface area (Å²) in [5.41, 5.74) is 1.62. The Labute approximate surface area is 113 Å². The summed E-state index contributed by atoms with van der Waals surface area (Å²) in [7, 11) is 0. The van der Waals surface area contributed by atoms with E-state index < -0.39 is 0 Å². The van der Waals surface area contributed by atoms with Crippen LogP contribution in [0.5, 0.6) is 0 Å². The van der Waals surface area contributed by atoms with Crippen LogP contribution in [0.4, 0.5) is 5.69 Å². The average Bonchev–Trinajstić information content (AvgIpc) is 2.69. The molecule has 18 heavy (non-hydrogen) atoms. The molecule has 6 heteroatoms. The van der Waals surface area contributed by atoms with Gasteiger partial charge in [-0.15, -0.1) is 11.3 Å². The van der Waals surface area contributed by atoms with Gasteiger partial charge in [0, 0.05) is 5.69 Å². The Morgan fingerprint density at radius 2 is 2.22 bits per heavy atom. The van der Waals surface area contributed by atoms with Crippen molar-refractivity contribution in [1.82, 2.24) is 4.98 Å². The number of amides is 1. The van der Waals surface area contributed by atoms with Gasteiger partial charge in [0.1, 0.15) is 5.78 Å². The fourth-order valence-electron chi connectivity index (χ4n) is 1.50. The number of fused-ring (bicyclic) bond motifs is 1. The van der Waals surface area contributed by atoms with Gasteiger partial charge in [-0.2, -0.15) is 0 Å². The van der Waals surface area contributed by atoms with Gasteiger partial charge in [-0.1, -0.05) is 11.8 Å². The molecule has 2 aromatic rings. The Hall–Kier alpha value is -1.40. The summed E-state index contributed by atoms with van der Waals surface area (Å²) in [6.45, 7) is 1.40. The zero-order valence-corrected chi connectivity index (χ0v) is 11.7. The average molecular weight is 280 g/mol. The topological polar surface area (TPSA) is 59.1 Å². The third-order valence-corrected chi connectivity index (χ3v) is 4.24. The summed E-state index contributed by atoms with van der Waals surface area (Å²) in [6.07, 6.45) is 1.89. The maximum atomic E-state index is 11.5. The number of nitrogens with zero attached hydrogens (tertiary/aromatic N) is 1. The summed E-state index contributed by atoms with van der Waals surface area (Å²) in [6, 6.07) is 5.55. The molecule has 1 N–H and O–H groups in total. The highest BCUT2D eigenvalue weighted by Crippen LogP contribution is 2.29. The molecule has 1 aromatic carbocycles. The Morgan fingerprint density at radius 1 is 1.44 bits per heavy atom. The molecule has 1 amide bonds. The zero-order valence-electron chi connectivity index (χ0n) is 10.0. The monoisotopic (exact) mass is 280 g/mol. The highest BCUT2D eigenvalue weighted by Gasteiger charge is 2.07. The summed E-state index contributed by atoms with van der Waals surface area (Å²) >= 11 is 3.18. The lowest BCUT2D eigenvalue weighted by atomic mass is 10.2. The van der Waals surface area contributed by atoms with E-state index in [0.717, 1.165) is 14.6 Å². The van der Waals surface area contributed by atoms with Crippen LogP contribution in [0.3, 0.4) is 0 Å². The zero-order chi connectivity index (χ0) is 13.1. The van der Waals surface area contributed by atoms with Gasteiger partial charge in [0.05, 0.1) is 16.6 Å². The molecule has 0 bridgehead atoms. The predicted molar refractivity (Wildman–Crippen MR) is 75.3 cm³/mol. The summed E-state index contributed by atoms with van der Waals surface area (Å²) in [4.78, 5) is 26.7. The largest absolute Gasteiger partial charge is 0.326 e. The van der Waals surface area contributed by atoms with E-state index in [9.17, 15) is 9.59 Å². The van der Waals surface area contributed by atoms with E-state index in [0.29, 0.717) is 5.69 Å². The van der Waals surface area contributed by atoms with Crippen molar-refractivity contribution in [3.05, 3.63) is 18.2 Å². The number of hydrogen-bond donors (Lipinski definition) is 1. The molecule has 0 saturated carbocycles. The van der Waals surface area contributed by atoms with Crippen LogP contribution in [0.15, 0.2) is 22.5 Å². The number of Topliss-reactive ketones (excluding diaryl/α,β-unsaturated/α-hetero) is 1. The first kappa shape index (κ1) is 13.0. The number of anilines is 1. The van der Waals surface area contributed by atoms with E-state index in [-0.39, 0.29) is 18.1 Å². The van der Waals surface area contributed by atoms with Gasteiger partial charge >= 0.3 is 0 Å². The fraction of sp³-hybridized carbons (Fsp3) is 0.250. The third-order valence-electron chi connectivity index (χ3n) is 2.24. The molecule has 0 atom stereocenters. The molecule has 4 nitrogen and oxygen atoms in total. The second-order valence-electron chi connectivity index (χ2n) is 3.79. The smallest absolute Gasteiger partial charge is 0.231 e. The van der Waals surface area contributed by atoms with Gasteiger partial charge in [-0.3, -0.25) is 9.59 Å². The Kier molecular flexibility index (Phi) is 3.98. The first-order valence-corrected chi connectivity index (χ1v) is 7.36. The molecule has 94 valence electrons. The SMILES string of the molecule is CSc1nc2ccc(NC(=O)CC(C)=O)cc2s1. The molecule has 0 aliphatic carbocycles. The van der Waals surface area contributed by atoms with Gasteiger partial charge < -0.3 is 5.32 Å². The third kappa shape index (κ3) is 3.08. The van der Waals surface area contributed by atoms with Gasteiger partial charge in [0.25, 0.3) is 0 Å². The van der Waals surface area contributed by atoms with E-state index in [1.807, 2.05) is 18.4 Å². The van der Waals surface area contributed by atoms with Crippen molar-refractivity contribution in [3.8, 4) is 0 Å². The molecular formula is C12H12N2O2S2. The molecule has 0 fully saturated rings. The van der Waals surface area contributed by atoms with Gasteiger partial charge in [0.15, 0.2) is 4.34 Å². The maximum absolute atomic E-state index is 11.5. The van der Waals surface area contributed by atoms with E-state index in [4.69, 9.17) is 0 Å². The number of rotatable bonds is 4. The van der Waals surface area contributed by atoms with Gasteiger partial charge in [0.2, 0.25) is 5.91 Å². The maximum Gasteiger partial charge on any atom is 0.231 e. The van der Waals surface area contributed by atoms with E-state index in [1.165, 1.54) is 6.92 Å². The highest BCUT2D eigenvalue weighted by molar-refractivity contribution is 8.00. The van der Waals surface area contributed by atoms with Crippen molar-refractivity contribution in [2.45, 2.75) is 17.7 Å². The lowest BCUT2D eigenvalue weighted by Gasteiger charge is -2.03. The van der Waals surface area contributed by atoms with E-state index in [1.54, 1.807) is 29.2 Å². The van der Waals surface area contributed by atoms with Crippen LogP contribution in [0.25, 0.3) is 10.2 Å². The Balaban J connectivity index is 2.19. The van der Waals surface area contributed by atoms with Crippen molar-refractivity contribution < 1.29 is 9.59 Å². The summed E-state index contributed by atoms with van der Waals surface area (Å²) < 4.78 is 2.03. The van der Waals surface area contributed by atoms with Crippen LogP contribution in [0.2, 0.25) is 0 Å². The van der Waals surface area contributed by atoms with Crippen LogP contribution in [0.1, 0.15) is 13.3 Å². The van der Waals surface area contributed by atoms with E-state index in [2.05, 4.69) is 10.3 Å². The van der Waals surface area contributed by atoms with Gasteiger partial charge in [-0.25, -0.2) is 4.98 Å². The van der Waals surface area contributed by atoms with Crippen LogP contribution < -0.4 is 5.32 Å². The first-order valence-electron chi connectivity index (χ1n) is 5.32. The number of aromatic nitrogens is 1. The van der Waals surface area contributed by atoms with Crippen molar-refractivity contribution in [2.75, 3.05) is 11.6 Å². The minimum absolute atomic E-state index is 0.0865. The number of carbonyl (C=O) groups excluding carboxylic acids is 2. The van der Waals surface area contributed by atoms with Gasteiger partial charge in [-0.05, 0) is 31.4 Å². The molecule has 2 rings (SSSR count). The molecule has 0 unspecified atom stereocenters. The molecular weight excluding hydrogens is 268 g/mol. The molecule has 0 aliphatic heterocycles. The minimum Gasteiger partial charge on any atom is -0.326 e. The van der Waals surface area contributed by atoms with Crippen LogP contribution in [-0.2, 0) is 9.59 Å². The second-order valence-corrected chi connectivity index (χ2v) is 5.88. The van der Waals surface area contributed by atoms with Crippen molar-refractivity contribution >= 4 is 50.7 Å². The highest BCUT2D eigenvalue weighted by atomic mass is 32.2. The summed E-state index contributed by atoms with van der Waals surface area (Å²) in [5.74, 6) is -0.424. The summed E-state index contributed by atoms with van der Waals surface area (Å²) in [5, 5.41) is 2.70. The van der Waals surface area contributed by atoms with Crippen LogP contribution in [0, 0.1) is 0 Å². The second kappa shape index (κ2) is 5.49. The number of thiazole rings is 1.